The van der Waals surface area contributed by atoms with Gasteiger partial charge >= 0.3 is 5.97 Å². The van der Waals surface area contributed by atoms with E-state index >= 15 is 0 Å². The maximum atomic E-state index is 13.6. The van der Waals surface area contributed by atoms with Crippen LogP contribution in [-0.2, 0) is 26.2 Å². The third kappa shape index (κ3) is 12.4. The Kier molecular flexibility index (Phi) is 16.1. The van der Waals surface area contributed by atoms with E-state index < -0.39 is 52.2 Å². The van der Waals surface area contributed by atoms with Gasteiger partial charge in [0.1, 0.15) is 22.4 Å². The third-order valence-corrected chi connectivity index (χ3v) is 12.7. The lowest BCUT2D eigenvalue weighted by Gasteiger charge is -2.10. The van der Waals surface area contributed by atoms with Crippen LogP contribution in [0.4, 0.5) is 17.6 Å². The highest BCUT2D eigenvalue weighted by atomic mass is 19.2. The van der Waals surface area contributed by atoms with Gasteiger partial charge in [-0.1, -0.05) is 55.5 Å². The number of carboxylic acid groups (broad SMARTS) is 1. The molecular formula is C59H47F4N9O7. The molecule has 0 fully saturated rings. The number of fused-ring (bicyclic) bond motifs is 2. The third-order valence-electron chi connectivity index (χ3n) is 12.7. The number of pyridine rings is 4. The number of amides is 3. The summed E-state index contributed by atoms with van der Waals surface area (Å²) in [6.07, 6.45) is 10.2. The van der Waals surface area contributed by atoms with Crippen molar-refractivity contribution in [2.45, 2.75) is 39.5 Å². The molecule has 0 atom stereocenters. The standard InChI is InChI=1S/C31H27F2N5O3.C28H20F2N4O4/c1-2-10-34-29(39)22-14-24-25(17-36-28(24)35-16-22)21-6-3-5-19(12-21)15-37-30(40)23-7-4-11-38(31(23)41)18-20-8-9-26(32)27(33)13-20;29-23-7-6-17(10-24(23)30)15-34-8-2-5-20(27(34)36)26(35)33-12-16-3-1-4-18(9-16)22-14-32-25-21(22)11-19(13-31-25)28(37)38/h3-9,11-14,16-17H,2,10,15,18H2,1H3,(H,34,39)(H,35,36)(H,37,40);1-11,13-14H,12,15H2,(H,31,32)(H,33,35)(H,37,38). The van der Waals surface area contributed by atoms with Crippen molar-refractivity contribution in [3.05, 3.63) is 247 Å². The molecule has 0 aliphatic carbocycles. The Morgan fingerprint density at radius 2 is 1.00 bits per heavy atom. The van der Waals surface area contributed by atoms with Gasteiger partial charge in [0.2, 0.25) is 0 Å². The monoisotopic (exact) mass is 1070 g/mol. The van der Waals surface area contributed by atoms with E-state index in [2.05, 4.69) is 35.9 Å². The average Bonchev–Trinajstić information content (AvgIpc) is 4.21. The fourth-order valence-electron chi connectivity index (χ4n) is 8.66. The molecule has 398 valence electrons. The molecule has 16 nitrogen and oxygen atoms in total. The molecule has 0 saturated carbocycles. The Hall–Kier alpha value is -10.2. The molecule has 0 bridgehead atoms. The summed E-state index contributed by atoms with van der Waals surface area (Å²) in [6.45, 7) is 2.82. The summed E-state index contributed by atoms with van der Waals surface area (Å²) in [5.74, 6) is -6.38. The van der Waals surface area contributed by atoms with E-state index in [0.29, 0.717) is 39.9 Å². The first-order valence-electron chi connectivity index (χ1n) is 24.6. The van der Waals surface area contributed by atoms with Crippen molar-refractivity contribution in [2.24, 2.45) is 0 Å². The molecule has 0 aliphatic heterocycles. The predicted octanol–water partition coefficient (Wildman–Crippen LogP) is 9.13. The number of carboxylic acids is 1. The van der Waals surface area contributed by atoms with E-state index in [9.17, 15) is 51.4 Å². The van der Waals surface area contributed by atoms with Crippen LogP contribution < -0.4 is 27.1 Å². The van der Waals surface area contributed by atoms with Crippen LogP contribution in [-0.4, -0.2) is 64.4 Å². The summed E-state index contributed by atoms with van der Waals surface area (Å²) in [5, 5.41) is 19.1. The fourth-order valence-corrected chi connectivity index (χ4v) is 8.66. The minimum atomic E-state index is -1.08. The van der Waals surface area contributed by atoms with E-state index in [-0.39, 0.29) is 48.8 Å². The number of hydrogen-bond acceptors (Lipinski definition) is 8. The molecule has 0 radical (unpaired) electrons. The van der Waals surface area contributed by atoms with Crippen molar-refractivity contribution in [2.75, 3.05) is 6.54 Å². The fraction of sp³-hybridized carbons (Fsp3) is 0.119. The van der Waals surface area contributed by atoms with E-state index in [4.69, 9.17) is 0 Å². The number of H-pyrrole nitrogens is 2. The number of aromatic amines is 2. The first-order valence-corrected chi connectivity index (χ1v) is 24.6. The number of halogens is 4. The molecule has 0 spiro atoms. The highest BCUT2D eigenvalue weighted by Gasteiger charge is 2.18. The SMILES string of the molecule is CCCNC(=O)c1cnc2[nH]cc(-c3cccc(CNC(=O)c4cccn(Cc5ccc(F)c(F)c5)c4=O)c3)c2c1.O=C(O)c1cnc2[nH]cc(-c3cccc(CNC(=O)c4cccn(Cc5ccc(F)c(F)c5)c4=O)c3)c2c1. The van der Waals surface area contributed by atoms with Crippen molar-refractivity contribution in [3.8, 4) is 22.3 Å². The summed E-state index contributed by atoms with van der Waals surface area (Å²) in [6, 6.07) is 30.9. The smallest absolute Gasteiger partial charge is 0.337 e. The van der Waals surface area contributed by atoms with Crippen molar-refractivity contribution >= 4 is 45.8 Å². The number of hydrogen-bond donors (Lipinski definition) is 6. The first-order chi connectivity index (χ1) is 38.1. The van der Waals surface area contributed by atoms with E-state index in [0.717, 1.165) is 69.5 Å². The molecule has 79 heavy (non-hydrogen) atoms. The number of carbonyl (C=O) groups is 4. The molecule has 20 heteroatoms. The van der Waals surface area contributed by atoms with Gasteiger partial charge in [-0.3, -0.25) is 24.0 Å². The second-order valence-electron chi connectivity index (χ2n) is 18.2. The number of rotatable bonds is 16. The maximum Gasteiger partial charge on any atom is 0.337 e. The molecule has 6 heterocycles. The van der Waals surface area contributed by atoms with Gasteiger partial charge in [0.25, 0.3) is 28.8 Å². The van der Waals surface area contributed by atoms with E-state index in [1.165, 1.54) is 64.3 Å². The second kappa shape index (κ2) is 23.8. The molecule has 0 aliphatic rings. The summed E-state index contributed by atoms with van der Waals surface area (Å²) >= 11 is 0. The molecule has 4 aromatic carbocycles. The largest absolute Gasteiger partial charge is 0.478 e. The van der Waals surface area contributed by atoms with Crippen molar-refractivity contribution in [1.82, 2.24) is 45.0 Å². The summed E-state index contributed by atoms with van der Waals surface area (Å²) in [5.41, 5.74) is 6.06. The van der Waals surface area contributed by atoms with Crippen LogP contribution in [0.3, 0.4) is 0 Å². The molecule has 3 amide bonds. The van der Waals surface area contributed by atoms with Crippen molar-refractivity contribution < 1.29 is 41.8 Å². The van der Waals surface area contributed by atoms with E-state index in [1.807, 2.05) is 61.7 Å². The molecule has 0 saturated heterocycles. The minimum Gasteiger partial charge on any atom is -0.478 e. The second-order valence-corrected chi connectivity index (χ2v) is 18.2. The van der Waals surface area contributed by atoms with Gasteiger partial charge in [0, 0.05) is 78.7 Å². The van der Waals surface area contributed by atoms with Crippen LogP contribution in [0, 0.1) is 23.3 Å². The number of nitrogens with zero attached hydrogens (tertiary/aromatic N) is 4. The van der Waals surface area contributed by atoms with Gasteiger partial charge in [0.05, 0.1) is 24.2 Å². The van der Waals surface area contributed by atoms with Crippen LogP contribution in [0.5, 0.6) is 0 Å². The van der Waals surface area contributed by atoms with Crippen LogP contribution in [0.2, 0.25) is 0 Å². The van der Waals surface area contributed by atoms with Gasteiger partial charge in [-0.2, -0.15) is 0 Å². The zero-order valence-corrected chi connectivity index (χ0v) is 42.0. The molecule has 10 aromatic rings. The Bertz CT molecular complexity index is 4090. The Labute approximate surface area is 446 Å². The Morgan fingerprint density at radius 3 is 1.46 bits per heavy atom. The molecular weight excluding hydrogens is 1020 g/mol. The molecule has 6 N–H and O–H groups in total. The minimum absolute atomic E-state index is 0.0132. The lowest BCUT2D eigenvalue weighted by molar-refractivity contribution is 0.0695. The van der Waals surface area contributed by atoms with Crippen LogP contribution >= 0.6 is 0 Å². The lowest BCUT2D eigenvalue weighted by atomic mass is 10.0. The van der Waals surface area contributed by atoms with Gasteiger partial charge in [-0.25, -0.2) is 32.3 Å². The highest BCUT2D eigenvalue weighted by molar-refractivity contribution is 6.01. The average molecular weight is 1070 g/mol. The highest BCUT2D eigenvalue weighted by Crippen LogP contribution is 2.31. The maximum absolute atomic E-state index is 13.6. The Balaban J connectivity index is 0.000000192. The zero-order valence-electron chi connectivity index (χ0n) is 42.0. The normalized spacial score (nSPS) is 11.0. The Morgan fingerprint density at radius 1 is 0.532 bits per heavy atom. The van der Waals surface area contributed by atoms with Gasteiger partial charge in [-0.15, -0.1) is 0 Å². The van der Waals surface area contributed by atoms with Crippen LogP contribution in [0.25, 0.3) is 44.3 Å². The summed E-state index contributed by atoms with van der Waals surface area (Å²) in [4.78, 5) is 90.1. The number of carbonyl (C=O) groups excluding carboxylic acids is 3. The van der Waals surface area contributed by atoms with Crippen LogP contribution in [0.1, 0.15) is 77.0 Å². The van der Waals surface area contributed by atoms with Crippen LogP contribution in [0.15, 0.2) is 168 Å². The predicted molar refractivity (Wildman–Crippen MR) is 287 cm³/mol. The molecule has 6 aromatic heterocycles. The molecule has 0 unspecified atom stereocenters. The topological polar surface area (TPSA) is 226 Å². The zero-order chi connectivity index (χ0) is 55.7. The molecule has 10 rings (SSSR count). The summed E-state index contributed by atoms with van der Waals surface area (Å²) in [7, 11) is 0. The van der Waals surface area contributed by atoms with Gasteiger partial charge in [0.15, 0.2) is 23.3 Å². The number of aromatic carboxylic acids is 1. The first kappa shape index (κ1) is 53.6. The van der Waals surface area contributed by atoms with Crippen molar-refractivity contribution in [3.63, 3.8) is 0 Å². The number of benzene rings is 4. The quantitative estimate of drug-likeness (QED) is 0.0507. The van der Waals surface area contributed by atoms with Crippen molar-refractivity contribution in [1.29, 1.82) is 0 Å². The van der Waals surface area contributed by atoms with Gasteiger partial charge in [-0.05, 0) is 113 Å². The van der Waals surface area contributed by atoms with Gasteiger partial charge < -0.3 is 40.2 Å². The number of nitrogens with one attached hydrogen (secondary N) is 5. The summed E-state index contributed by atoms with van der Waals surface area (Å²) < 4.78 is 56.1. The number of aromatic nitrogens is 6. The lowest BCUT2D eigenvalue weighted by Crippen LogP contribution is -2.32. The van der Waals surface area contributed by atoms with E-state index in [1.54, 1.807) is 24.4 Å².